The number of nitrogens with zero attached hydrogens (tertiary/aromatic N) is 1. The zero-order valence-electron chi connectivity index (χ0n) is 11.7. The van der Waals surface area contributed by atoms with Gasteiger partial charge in [-0.25, -0.2) is 0 Å². The number of carbonyl (C=O) groups excluding carboxylic acids is 1. The smallest absolute Gasteiger partial charge is 0.239 e. The second-order valence-corrected chi connectivity index (χ2v) is 5.63. The van der Waals surface area contributed by atoms with Crippen molar-refractivity contribution < 1.29 is 9.53 Å². The molecule has 1 unspecified atom stereocenters. The van der Waals surface area contributed by atoms with Gasteiger partial charge in [-0.2, -0.15) is 0 Å². The van der Waals surface area contributed by atoms with Crippen LogP contribution in [0.15, 0.2) is 0 Å². The van der Waals surface area contributed by atoms with E-state index in [0.29, 0.717) is 12.1 Å². The first-order chi connectivity index (χ1) is 8.70. The van der Waals surface area contributed by atoms with E-state index in [0.717, 1.165) is 51.6 Å². The van der Waals surface area contributed by atoms with Gasteiger partial charge in [0.25, 0.3) is 0 Å². The highest BCUT2D eigenvalue weighted by Crippen LogP contribution is 2.21. The zero-order chi connectivity index (χ0) is 13.0. The highest BCUT2D eigenvalue weighted by Gasteiger charge is 2.27. The molecule has 1 aliphatic carbocycles. The topological polar surface area (TPSA) is 41.6 Å². The predicted octanol–water partition coefficient (Wildman–Crippen LogP) is 1.54. The summed E-state index contributed by atoms with van der Waals surface area (Å²) in [5.74, 6) is 0.279. The number of amides is 1. The Hall–Kier alpha value is -0.610. The van der Waals surface area contributed by atoms with Gasteiger partial charge in [-0.15, -0.1) is 0 Å². The van der Waals surface area contributed by atoms with Gasteiger partial charge in [-0.1, -0.05) is 0 Å². The molecule has 4 nitrogen and oxygen atoms in total. The Morgan fingerprint density at radius 1 is 1.22 bits per heavy atom. The monoisotopic (exact) mass is 254 g/mol. The molecule has 1 aliphatic heterocycles. The van der Waals surface area contributed by atoms with Crippen molar-refractivity contribution in [3.63, 3.8) is 0 Å². The minimum atomic E-state index is -0.0350. The van der Waals surface area contributed by atoms with Crippen molar-refractivity contribution in [3.8, 4) is 0 Å². The van der Waals surface area contributed by atoms with E-state index in [1.807, 2.05) is 11.8 Å². The van der Waals surface area contributed by atoms with Crippen LogP contribution in [0.4, 0.5) is 0 Å². The fourth-order valence-corrected chi connectivity index (χ4v) is 3.10. The summed E-state index contributed by atoms with van der Waals surface area (Å²) >= 11 is 0. The standard InChI is InChI=1S/C14H26N2O2/c1-11(14(17)16-9-3-4-10-16)15-12-5-7-13(18-2)8-6-12/h11-13,15H,3-10H2,1-2H3. The van der Waals surface area contributed by atoms with Crippen molar-refractivity contribution in [2.24, 2.45) is 0 Å². The zero-order valence-corrected chi connectivity index (χ0v) is 11.7. The van der Waals surface area contributed by atoms with E-state index >= 15 is 0 Å². The van der Waals surface area contributed by atoms with Gasteiger partial charge in [0.15, 0.2) is 0 Å². The van der Waals surface area contributed by atoms with E-state index < -0.39 is 0 Å². The van der Waals surface area contributed by atoms with Crippen LogP contribution in [0.5, 0.6) is 0 Å². The van der Waals surface area contributed by atoms with Crippen LogP contribution in [-0.2, 0) is 9.53 Å². The molecular weight excluding hydrogens is 228 g/mol. The summed E-state index contributed by atoms with van der Waals surface area (Å²) in [4.78, 5) is 14.2. The molecule has 1 heterocycles. The molecule has 1 amide bonds. The summed E-state index contributed by atoms with van der Waals surface area (Å²) < 4.78 is 5.37. The minimum Gasteiger partial charge on any atom is -0.381 e. The molecule has 1 N–H and O–H groups in total. The maximum Gasteiger partial charge on any atom is 0.239 e. The van der Waals surface area contributed by atoms with Gasteiger partial charge in [-0.05, 0) is 45.4 Å². The number of rotatable bonds is 4. The van der Waals surface area contributed by atoms with Gasteiger partial charge < -0.3 is 15.0 Å². The largest absolute Gasteiger partial charge is 0.381 e. The van der Waals surface area contributed by atoms with Crippen molar-refractivity contribution in [1.82, 2.24) is 10.2 Å². The molecule has 1 saturated heterocycles. The quantitative estimate of drug-likeness (QED) is 0.827. The average molecular weight is 254 g/mol. The summed E-state index contributed by atoms with van der Waals surface area (Å²) in [6.45, 7) is 3.89. The van der Waals surface area contributed by atoms with Crippen molar-refractivity contribution in [1.29, 1.82) is 0 Å². The Bertz CT molecular complexity index is 269. The Kier molecular flexibility index (Phi) is 5.01. The molecule has 2 rings (SSSR count). The second kappa shape index (κ2) is 6.53. The number of methoxy groups -OCH3 is 1. The molecule has 2 aliphatic rings. The number of hydrogen-bond donors (Lipinski definition) is 1. The Labute approximate surface area is 110 Å². The highest BCUT2D eigenvalue weighted by atomic mass is 16.5. The number of hydrogen-bond acceptors (Lipinski definition) is 3. The maximum atomic E-state index is 12.2. The molecule has 2 fully saturated rings. The minimum absolute atomic E-state index is 0.0350. The van der Waals surface area contributed by atoms with Crippen molar-refractivity contribution in [2.75, 3.05) is 20.2 Å². The molecule has 0 bridgehead atoms. The number of ether oxygens (including phenoxy) is 1. The lowest BCUT2D eigenvalue weighted by molar-refractivity contribution is -0.132. The Morgan fingerprint density at radius 3 is 2.39 bits per heavy atom. The molecule has 1 saturated carbocycles. The SMILES string of the molecule is COC1CCC(NC(C)C(=O)N2CCCC2)CC1. The van der Waals surface area contributed by atoms with Crippen LogP contribution in [0.2, 0.25) is 0 Å². The molecule has 0 aromatic rings. The van der Waals surface area contributed by atoms with Gasteiger partial charge in [0, 0.05) is 26.2 Å². The van der Waals surface area contributed by atoms with Crippen molar-refractivity contribution in [3.05, 3.63) is 0 Å². The van der Waals surface area contributed by atoms with E-state index in [1.165, 1.54) is 0 Å². The van der Waals surface area contributed by atoms with E-state index in [-0.39, 0.29) is 11.9 Å². The Balaban J connectivity index is 1.73. The molecule has 18 heavy (non-hydrogen) atoms. The lowest BCUT2D eigenvalue weighted by atomic mass is 9.92. The van der Waals surface area contributed by atoms with Crippen LogP contribution in [0.1, 0.15) is 45.4 Å². The molecule has 1 atom stereocenters. The summed E-state index contributed by atoms with van der Waals surface area (Å²) in [7, 11) is 1.79. The lowest BCUT2D eigenvalue weighted by Crippen LogP contribution is -2.48. The van der Waals surface area contributed by atoms with Crippen LogP contribution in [-0.4, -0.2) is 49.2 Å². The molecule has 4 heteroatoms. The summed E-state index contributed by atoms with van der Waals surface area (Å²) in [5.41, 5.74) is 0. The molecular formula is C14H26N2O2. The molecule has 0 aromatic carbocycles. The second-order valence-electron chi connectivity index (χ2n) is 5.63. The summed E-state index contributed by atoms with van der Waals surface area (Å²) in [6, 6.07) is 0.449. The summed E-state index contributed by atoms with van der Waals surface area (Å²) in [6.07, 6.45) is 7.21. The van der Waals surface area contributed by atoms with Gasteiger partial charge in [-0.3, -0.25) is 4.79 Å². The normalized spacial score (nSPS) is 30.4. The van der Waals surface area contributed by atoms with E-state index in [4.69, 9.17) is 4.74 Å². The number of nitrogens with one attached hydrogen (secondary N) is 1. The van der Waals surface area contributed by atoms with Gasteiger partial charge in [0.05, 0.1) is 12.1 Å². The third-order valence-electron chi connectivity index (χ3n) is 4.28. The van der Waals surface area contributed by atoms with E-state index in [1.54, 1.807) is 7.11 Å². The first-order valence-electron chi connectivity index (χ1n) is 7.28. The van der Waals surface area contributed by atoms with Gasteiger partial charge in [0.2, 0.25) is 5.91 Å². The van der Waals surface area contributed by atoms with Crippen LogP contribution in [0.25, 0.3) is 0 Å². The van der Waals surface area contributed by atoms with Crippen LogP contribution in [0, 0.1) is 0 Å². The Morgan fingerprint density at radius 2 is 1.83 bits per heavy atom. The number of carbonyl (C=O) groups is 1. The first-order valence-corrected chi connectivity index (χ1v) is 7.28. The van der Waals surface area contributed by atoms with Crippen LogP contribution >= 0.6 is 0 Å². The number of likely N-dealkylation sites (tertiary alicyclic amines) is 1. The van der Waals surface area contributed by atoms with Crippen molar-refractivity contribution >= 4 is 5.91 Å². The molecule has 0 spiro atoms. The lowest BCUT2D eigenvalue weighted by Gasteiger charge is -2.31. The summed E-state index contributed by atoms with van der Waals surface area (Å²) in [5, 5.41) is 3.49. The fourth-order valence-electron chi connectivity index (χ4n) is 3.10. The first kappa shape index (κ1) is 13.8. The fraction of sp³-hybridized carbons (Fsp3) is 0.929. The van der Waals surface area contributed by atoms with E-state index in [2.05, 4.69) is 5.32 Å². The molecule has 0 radical (unpaired) electrons. The van der Waals surface area contributed by atoms with Gasteiger partial charge >= 0.3 is 0 Å². The molecule has 104 valence electrons. The maximum absolute atomic E-state index is 12.2. The van der Waals surface area contributed by atoms with Crippen LogP contribution < -0.4 is 5.32 Å². The third-order valence-corrected chi connectivity index (χ3v) is 4.28. The van der Waals surface area contributed by atoms with Crippen molar-refractivity contribution in [2.45, 2.75) is 63.6 Å². The highest BCUT2D eigenvalue weighted by molar-refractivity contribution is 5.81. The van der Waals surface area contributed by atoms with Crippen LogP contribution in [0.3, 0.4) is 0 Å². The third kappa shape index (κ3) is 3.45. The van der Waals surface area contributed by atoms with Gasteiger partial charge in [0.1, 0.15) is 0 Å². The predicted molar refractivity (Wildman–Crippen MR) is 71.5 cm³/mol. The molecule has 0 aromatic heterocycles. The van der Waals surface area contributed by atoms with E-state index in [9.17, 15) is 4.79 Å². The average Bonchev–Trinajstić information content (AvgIpc) is 2.92.